The lowest BCUT2D eigenvalue weighted by molar-refractivity contribution is -0.146. The monoisotopic (exact) mass is 371 g/mol. The summed E-state index contributed by atoms with van der Waals surface area (Å²) in [6.07, 6.45) is 1.30. The van der Waals surface area contributed by atoms with Crippen LogP contribution in [0.3, 0.4) is 0 Å². The van der Waals surface area contributed by atoms with Gasteiger partial charge in [0, 0.05) is 16.3 Å². The molecule has 0 aliphatic heterocycles. The maximum Gasteiger partial charge on any atom is 0.347 e. The van der Waals surface area contributed by atoms with E-state index < -0.39 is 11.9 Å². The van der Waals surface area contributed by atoms with Gasteiger partial charge in [0.05, 0.1) is 23.9 Å². The van der Waals surface area contributed by atoms with Crippen LogP contribution >= 0.6 is 23.4 Å². The van der Waals surface area contributed by atoms with Crippen LogP contribution < -0.4 is 5.32 Å². The van der Waals surface area contributed by atoms with Crippen molar-refractivity contribution < 1.29 is 19.1 Å². The first kappa shape index (κ1) is 20.4. The second-order valence-electron chi connectivity index (χ2n) is 4.93. The highest BCUT2D eigenvalue weighted by molar-refractivity contribution is 8.00. The Morgan fingerprint density at radius 3 is 2.29 bits per heavy atom. The number of hydrogen-bond donors (Lipinski definition) is 1. The number of hydrogen-bond acceptors (Lipinski definition) is 6. The molecule has 1 N–H and O–H groups in total. The molecule has 0 amide bonds. The number of anilines is 1. The molecule has 7 heteroatoms. The largest absolute Gasteiger partial charge is 0.462 e. The Labute approximate surface area is 151 Å². The highest BCUT2D eigenvalue weighted by Crippen LogP contribution is 2.36. The quantitative estimate of drug-likeness (QED) is 0.242. The number of benzene rings is 1. The fraction of sp³-hybridized carbons (Fsp3) is 0.412. The van der Waals surface area contributed by atoms with Crippen LogP contribution in [0.15, 0.2) is 34.9 Å². The van der Waals surface area contributed by atoms with Gasteiger partial charge in [-0.2, -0.15) is 0 Å². The van der Waals surface area contributed by atoms with Gasteiger partial charge in [-0.25, -0.2) is 9.59 Å². The van der Waals surface area contributed by atoms with Crippen LogP contribution in [-0.4, -0.2) is 30.4 Å². The zero-order valence-corrected chi connectivity index (χ0v) is 15.8. The van der Waals surface area contributed by atoms with E-state index in [9.17, 15) is 9.59 Å². The third kappa shape index (κ3) is 6.09. The van der Waals surface area contributed by atoms with Gasteiger partial charge >= 0.3 is 11.9 Å². The number of ether oxygens (including phenoxy) is 2. The Hall–Kier alpha value is -1.66. The second kappa shape index (κ2) is 10.3. The van der Waals surface area contributed by atoms with Crippen LogP contribution in [0.2, 0.25) is 5.02 Å². The van der Waals surface area contributed by atoms with E-state index >= 15 is 0 Å². The van der Waals surface area contributed by atoms with Gasteiger partial charge < -0.3 is 14.8 Å². The molecule has 0 bridgehead atoms. The topological polar surface area (TPSA) is 64.6 Å². The summed E-state index contributed by atoms with van der Waals surface area (Å²) in [4.78, 5) is 24.7. The molecule has 0 atom stereocenters. The van der Waals surface area contributed by atoms with E-state index in [0.717, 1.165) is 4.90 Å². The number of rotatable bonds is 8. The number of carbonyl (C=O) groups is 2. The molecule has 1 aromatic carbocycles. The fourth-order valence-corrected chi connectivity index (χ4v) is 2.96. The van der Waals surface area contributed by atoms with Gasteiger partial charge in [0.1, 0.15) is 0 Å². The molecule has 0 fully saturated rings. The molecular weight excluding hydrogens is 350 g/mol. The van der Waals surface area contributed by atoms with Gasteiger partial charge in [0.25, 0.3) is 0 Å². The van der Waals surface area contributed by atoms with Gasteiger partial charge in [-0.15, -0.1) is 11.8 Å². The number of thioether (sulfide) groups is 1. The van der Waals surface area contributed by atoms with Crippen molar-refractivity contribution >= 4 is 41.0 Å². The summed E-state index contributed by atoms with van der Waals surface area (Å²) in [5.41, 5.74) is 0.506. The molecular formula is C17H22ClNO4S. The van der Waals surface area contributed by atoms with Crippen LogP contribution in [0.5, 0.6) is 0 Å². The zero-order chi connectivity index (χ0) is 18.1. The summed E-state index contributed by atoms with van der Waals surface area (Å²) >= 11 is 7.83. The summed E-state index contributed by atoms with van der Waals surface area (Å²) in [6, 6.07) is 5.40. The van der Waals surface area contributed by atoms with E-state index in [0.29, 0.717) is 16.0 Å². The summed E-state index contributed by atoms with van der Waals surface area (Å²) in [5, 5.41) is 3.89. The first-order valence-corrected chi connectivity index (χ1v) is 8.92. The van der Waals surface area contributed by atoms with Gasteiger partial charge in [0.15, 0.2) is 5.57 Å². The number of carbonyl (C=O) groups excluding carboxylic acids is 2. The van der Waals surface area contributed by atoms with E-state index in [1.165, 1.54) is 6.20 Å². The normalized spacial score (nSPS) is 10.2. The first-order valence-electron chi connectivity index (χ1n) is 7.66. The average Bonchev–Trinajstić information content (AvgIpc) is 2.50. The average molecular weight is 372 g/mol. The zero-order valence-electron chi connectivity index (χ0n) is 14.2. The summed E-state index contributed by atoms with van der Waals surface area (Å²) < 4.78 is 9.80. The summed E-state index contributed by atoms with van der Waals surface area (Å²) in [5.74, 6) is -1.47. The van der Waals surface area contributed by atoms with Crippen LogP contribution in [0, 0.1) is 0 Å². The molecule has 1 rings (SSSR count). The van der Waals surface area contributed by atoms with Gasteiger partial charge in [-0.3, -0.25) is 0 Å². The number of nitrogens with one attached hydrogen (secondary N) is 1. The van der Waals surface area contributed by atoms with Crippen molar-refractivity contribution in [3.63, 3.8) is 0 Å². The highest BCUT2D eigenvalue weighted by atomic mass is 35.5. The maximum atomic E-state index is 11.9. The minimum atomic E-state index is -0.733. The highest BCUT2D eigenvalue weighted by Gasteiger charge is 2.21. The van der Waals surface area contributed by atoms with Crippen molar-refractivity contribution in [1.82, 2.24) is 0 Å². The molecule has 0 aromatic heterocycles. The van der Waals surface area contributed by atoms with Gasteiger partial charge in [-0.05, 0) is 26.0 Å². The Kier molecular flexibility index (Phi) is 8.71. The molecule has 24 heavy (non-hydrogen) atoms. The van der Waals surface area contributed by atoms with Crippen molar-refractivity contribution in [2.45, 2.75) is 37.8 Å². The molecule has 0 saturated carbocycles. The second-order valence-corrected chi connectivity index (χ2v) is 6.92. The van der Waals surface area contributed by atoms with E-state index in [4.69, 9.17) is 21.1 Å². The predicted octanol–water partition coefficient (Wildman–Crippen LogP) is 4.26. The molecule has 0 aliphatic carbocycles. The van der Waals surface area contributed by atoms with Crippen molar-refractivity contribution in [3.05, 3.63) is 35.0 Å². The smallest absolute Gasteiger partial charge is 0.347 e. The molecule has 0 unspecified atom stereocenters. The minimum Gasteiger partial charge on any atom is -0.462 e. The first-order chi connectivity index (χ1) is 11.4. The van der Waals surface area contributed by atoms with Crippen LogP contribution in [-0.2, 0) is 19.1 Å². The van der Waals surface area contributed by atoms with E-state index in [2.05, 4.69) is 19.2 Å². The van der Waals surface area contributed by atoms with Crippen LogP contribution in [0.1, 0.15) is 27.7 Å². The standard InChI is InChI=1S/C17H22ClNO4S/c1-5-22-16(20)12(17(21)23-6-2)10-19-14-9-7-8-13(18)15(14)24-11(3)4/h7-11,19H,5-6H2,1-4H3. The minimum absolute atomic E-state index is 0.168. The number of esters is 2. The van der Waals surface area contributed by atoms with Crippen LogP contribution in [0.4, 0.5) is 5.69 Å². The maximum absolute atomic E-state index is 11.9. The molecule has 0 saturated heterocycles. The van der Waals surface area contributed by atoms with Gasteiger partial charge in [-0.1, -0.05) is 31.5 Å². The van der Waals surface area contributed by atoms with E-state index in [1.54, 1.807) is 37.7 Å². The van der Waals surface area contributed by atoms with Crippen molar-refractivity contribution in [2.24, 2.45) is 0 Å². The van der Waals surface area contributed by atoms with Crippen molar-refractivity contribution in [3.8, 4) is 0 Å². The van der Waals surface area contributed by atoms with Gasteiger partial charge in [0.2, 0.25) is 0 Å². The summed E-state index contributed by atoms with van der Waals surface area (Å²) in [7, 11) is 0. The Morgan fingerprint density at radius 1 is 1.21 bits per heavy atom. The number of halogens is 1. The molecule has 0 aliphatic rings. The molecule has 132 valence electrons. The third-order valence-corrected chi connectivity index (χ3v) is 4.26. The lowest BCUT2D eigenvalue weighted by Gasteiger charge is -2.13. The lowest BCUT2D eigenvalue weighted by Crippen LogP contribution is -2.19. The van der Waals surface area contributed by atoms with E-state index in [-0.39, 0.29) is 18.8 Å². The molecule has 5 nitrogen and oxygen atoms in total. The molecule has 1 aromatic rings. The van der Waals surface area contributed by atoms with E-state index in [1.807, 2.05) is 6.07 Å². The Bertz CT molecular complexity index is 597. The van der Waals surface area contributed by atoms with Crippen molar-refractivity contribution in [2.75, 3.05) is 18.5 Å². The third-order valence-electron chi connectivity index (χ3n) is 2.68. The Morgan fingerprint density at radius 2 is 1.79 bits per heavy atom. The molecule has 0 heterocycles. The predicted molar refractivity (Wildman–Crippen MR) is 97.4 cm³/mol. The lowest BCUT2D eigenvalue weighted by atomic mass is 10.2. The molecule has 0 spiro atoms. The van der Waals surface area contributed by atoms with Crippen LogP contribution in [0.25, 0.3) is 0 Å². The Balaban J connectivity index is 3.11. The SMILES string of the molecule is CCOC(=O)C(=CNc1cccc(Cl)c1SC(C)C)C(=O)OCC. The fourth-order valence-electron chi connectivity index (χ4n) is 1.75. The molecule has 0 radical (unpaired) electrons. The van der Waals surface area contributed by atoms with Crippen molar-refractivity contribution in [1.29, 1.82) is 0 Å². The summed E-state index contributed by atoms with van der Waals surface area (Å²) in [6.45, 7) is 7.78.